The molecule has 4 rings (SSSR count). The van der Waals surface area contributed by atoms with E-state index in [2.05, 4.69) is 17.1 Å². The highest BCUT2D eigenvalue weighted by Crippen LogP contribution is 2.30. The van der Waals surface area contributed by atoms with Gasteiger partial charge in [0.05, 0.1) is 13.5 Å². The van der Waals surface area contributed by atoms with Gasteiger partial charge in [-0.05, 0) is 36.6 Å². The maximum atomic E-state index is 12.8. The molecule has 1 N–H and O–H groups in total. The fourth-order valence-electron chi connectivity index (χ4n) is 3.62. The lowest BCUT2D eigenvalue weighted by molar-refractivity contribution is -0.131. The van der Waals surface area contributed by atoms with Crippen LogP contribution in [0.3, 0.4) is 0 Å². The van der Waals surface area contributed by atoms with Crippen LogP contribution in [-0.2, 0) is 24.2 Å². The molecule has 0 radical (unpaired) electrons. The third-order valence-corrected chi connectivity index (χ3v) is 4.96. The van der Waals surface area contributed by atoms with Crippen molar-refractivity contribution in [1.29, 1.82) is 0 Å². The summed E-state index contributed by atoms with van der Waals surface area (Å²) in [5.74, 6) is 1.04. The van der Waals surface area contributed by atoms with Crippen molar-refractivity contribution < 1.29 is 9.53 Å². The van der Waals surface area contributed by atoms with Crippen LogP contribution in [0.25, 0.3) is 10.9 Å². The molecule has 0 fully saturated rings. The Balaban J connectivity index is 1.62. The van der Waals surface area contributed by atoms with Crippen molar-refractivity contribution in [3.8, 4) is 5.75 Å². The van der Waals surface area contributed by atoms with Gasteiger partial charge in [0.1, 0.15) is 5.75 Å². The van der Waals surface area contributed by atoms with Crippen molar-refractivity contribution in [3.63, 3.8) is 0 Å². The topological polar surface area (TPSA) is 45.3 Å². The number of carbonyl (C=O) groups excluding carboxylic acids is 1. The molecule has 4 heteroatoms. The van der Waals surface area contributed by atoms with Crippen molar-refractivity contribution in [1.82, 2.24) is 9.88 Å². The zero-order valence-electron chi connectivity index (χ0n) is 14.4. The Bertz CT molecular complexity index is 899. The number of aryl methyl sites for hydroxylation is 1. The van der Waals surface area contributed by atoms with E-state index in [1.165, 1.54) is 11.3 Å². The Labute approximate surface area is 147 Å². The summed E-state index contributed by atoms with van der Waals surface area (Å²) in [6.07, 6.45) is 2.42. The number of ether oxygens (including phenoxy) is 1. The average Bonchev–Trinajstić information content (AvgIpc) is 2.84. The second-order valence-corrected chi connectivity index (χ2v) is 6.57. The third kappa shape index (κ3) is 3.12. The molecule has 0 atom stereocenters. The van der Waals surface area contributed by atoms with Crippen molar-refractivity contribution in [3.05, 3.63) is 65.4 Å². The number of hydrogen-bond acceptors (Lipinski definition) is 2. The summed E-state index contributed by atoms with van der Waals surface area (Å²) in [7, 11) is 1.68. The van der Waals surface area contributed by atoms with Crippen molar-refractivity contribution in [2.75, 3.05) is 13.7 Å². The molecule has 2 aromatic carbocycles. The van der Waals surface area contributed by atoms with E-state index in [-0.39, 0.29) is 5.91 Å². The lowest BCUT2D eigenvalue weighted by atomic mass is 10.1. The van der Waals surface area contributed by atoms with E-state index in [4.69, 9.17) is 4.74 Å². The molecule has 3 aromatic rings. The predicted molar refractivity (Wildman–Crippen MR) is 98.7 cm³/mol. The molecule has 0 bridgehead atoms. The summed E-state index contributed by atoms with van der Waals surface area (Å²) in [6, 6.07) is 16.1. The van der Waals surface area contributed by atoms with Gasteiger partial charge < -0.3 is 14.6 Å². The quantitative estimate of drug-likeness (QED) is 0.794. The van der Waals surface area contributed by atoms with E-state index in [9.17, 15) is 4.79 Å². The molecule has 1 aliphatic heterocycles. The fourth-order valence-corrected chi connectivity index (χ4v) is 3.62. The van der Waals surface area contributed by atoms with E-state index in [0.717, 1.165) is 41.6 Å². The van der Waals surface area contributed by atoms with Crippen LogP contribution in [0.2, 0.25) is 0 Å². The van der Waals surface area contributed by atoms with E-state index >= 15 is 0 Å². The van der Waals surface area contributed by atoms with E-state index < -0.39 is 0 Å². The molecule has 4 nitrogen and oxygen atoms in total. The van der Waals surface area contributed by atoms with Crippen LogP contribution in [0.1, 0.15) is 23.2 Å². The Morgan fingerprint density at radius 3 is 2.84 bits per heavy atom. The molecule has 1 aliphatic rings. The Kier molecular flexibility index (Phi) is 4.18. The number of amides is 1. The maximum Gasteiger partial charge on any atom is 0.227 e. The molecule has 0 unspecified atom stereocenters. The number of aromatic nitrogens is 1. The maximum absolute atomic E-state index is 12.8. The molecule has 1 amide bonds. The van der Waals surface area contributed by atoms with E-state index in [1.807, 2.05) is 41.3 Å². The van der Waals surface area contributed by atoms with Crippen LogP contribution in [0.4, 0.5) is 0 Å². The molecular weight excluding hydrogens is 312 g/mol. The number of H-pyrrole nitrogens is 1. The fraction of sp³-hybridized carbons (Fsp3) is 0.286. The molecule has 0 aliphatic carbocycles. The second kappa shape index (κ2) is 6.63. The van der Waals surface area contributed by atoms with Crippen LogP contribution < -0.4 is 4.74 Å². The molecule has 0 saturated carbocycles. The van der Waals surface area contributed by atoms with Crippen molar-refractivity contribution in [2.45, 2.75) is 25.8 Å². The minimum atomic E-state index is 0.191. The first-order valence-electron chi connectivity index (χ1n) is 8.74. The number of aromatic amines is 1. The first kappa shape index (κ1) is 15.8. The number of carbonyl (C=O) groups is 1. The Morgan fingerprint density at radius 1 is 1.20 bits per heavy atom. The molecule has 0 spiro atoms. The summed E-state index contributed by atoms with van der Waals surface area (Å²) in [4.78, 5) is 18.3. The largest absolute Gasteiger partial charge is 0.497 e. The van der Waals surface area contributed by atoms with Crippen molar-refractivity contribution >= 4 is 16.8 Å². The van der Waals surface area contributed by atoms with Crippen LogP contribution >= 0.6 is 0 Å². The van der Waals surface area contributed by atoms with Crippen LogP contribution in [0, 0.1) is 0 Å². The predicted octanol–water partition coefficient (Wildman–Crippen LogP) is 3.69. The molecule has 2 heterocycles. The number of hydrogen-bond donors (Lipinski definition) is 1. The molecular formula is C21H22N2O2. The molecule has 0 saturated heterocycles. The van der Waals surface area contributed by atoms with E-state index in [1.54, 1.807) is 7.11 Å². The highest BCUT2D eigenvalue weighted by atomic mass is 16.5. The van der Waals surface area contributed by atoms with Gasteiger partial charge in [-0.25, -0.2) is 0 Å². The first-order chi connectivity index (χ1) is 12.2. The smallest absolute Gasteiger partial charge is 0.227 e. The third-order valence-electron chi connectivity index (χ3n) is 4.96. The summed E-state index contributed by atoms with van der Waals surface area (Å²) in [6.45, 7) is 1.47. The van der Waals surface area contributed by atoms with Crippen LogP contribution in [0.5, 0.6) is 5.75 Å². The number of benzene rings is 2. The lowest BCUT2D eigenvalue weighted by Crippen LogP contribution is -2.31. The molecule has 1 aromatic heterocycles. The zero-order valence-corrected chi connectivity index (χ0v) is 14.4. The van der Waals surface area contributed by atoms with Crippen LogP contribution in [0.15, 0.2) is 48.5 Å². The van der Waals surface area contributed by atoms with Gasteiger partial charge in [-0.1, -0.05) is 30.3 Å². The number of methoxy groups -OCH3 is 1. The summed E-state index contributed by atoms with van der Waals surface area (Å²) >= 11 is 0. The Hall–Kier alpha value is -2.75. The SMILES string of the molecule is COc1ccc2[nH]c3c(c2c1)CN(C(=O)Cc1ccccc1)CCC3. The Morgan fingerprint density at radius 2 is 2.04 bits per heavy atom. The molecule has 128 valence electrons. The normalized spacial score (nSPS) is 14.2. The van der Waals surface area contributed by atoms with Gasteiger partial charge >= 0.3 is 0 Å². The standard InChI is InChI=1S/C21H22N2O2/c1-25-16-9-10-20-17(13-16)18-14-23(11-5-8-19(18)22-20)21(24)12-15-6-3-2-4-7-15/h2-4,6-7,9-10,13,22H,5,8,11-12,14H2,1H3. The van der Waals surface area contributed by atoms with Gasteiger partial charge in [0.15, 0.2) is 0 Å². The number of nitrogens with zero attached hydrogens (tertiary/aromatic N) is 1. The van der Waals surface area contributed by atoms with Gasteiger partial charge in [0.2, 0.25) is 5.91 Å². The van der Waals surface area contributed by atoms with Crippen molar-refractivity contribution in [2.24, 2.45) is 0 Å². The second-order valence-electron chi connectivity index (χ2n) is 6.57. The highest BCUT2D eigenvalue weighted by Gasteiger charge is 2.22. The van der Waals surface area contributed by atoms with Gasteiger partial charge in [0, 0.05) is 35.2 Å². The zero-order chi connectivity index (χ0) is 17.2. The minimum Gasteiger partial charge on any atom is -0.497 e. The van der Waals surface area contributed by atoms with Gasteiger partial charge in [0.25, 0.3) is 0 Å². The lowest BCUT2D eigenvalue weighted by Gasteiger charge is -2.21. The summed E-state index contributed by atoms with van der Waals surface area (Å²) in [5.41, 5.74) is 4.66. The van der Waals surface area contributed by atoms with E-state index in [0.29, 0.717) is 13.0 Å². The van der Waals surface area contributed by atoms with Gasteiger partial charge in [-0.15, -0.1) is 0 Å². The average molecular weight is 334 g/mol. The monoisotopic (exact) mass is 334 g/mol. The van der Waals surface area contributed by atoms with Gasteiger partial charge in [-0.2, -0.15) is 0 Å². The highest BCUT2D eigenvalue weighted by molar-refractivity contribution is 5.87. The molecule has 25 heavy (non-hydrogen) atoms. The number of rotatable bonds is 3. The number of nitrogens with one attached hydrogen (secondary N) is 1. The first-order valence-corrected chi connectivity index (χ1v) is 8.74. The minimum absolute atomic E-state index is 0.191. The summed E-state index contributed by atoms with van der Waals surface area (Å²) in [5, 5.41) is 1.16. The van der Waals surface area contributed by atoms with Gasteiger partial charge in [-0.3, -0.25) is 4.79 Å². The summed E-state index contributed by atoms with van der Waals surface area (Å²) < 4.78 is 5.37. The van der Waals surface area contributed by atoms with Crippen LogP contribution in [-0.4, -0.2) is 29.4 Å². The number of fused-ring (bicyclic) bond motifs is 3.